The summed E-state index contributed by atoms with van der Waals surface area (Å²) in [5.74, 6) is 0. The van der Waals surface area contributed by atoms with Crippen LogP contribution in [0.15, 0.2) is 0 Å². The van der Waals surface area contributed by atoms with E-state index >= 15 is 0 Å². The van der Waals surface area contributed by atoms with Gasteiger partial charge in [-0.2, -0.15) is 0 Å². The maximum atomic E-state index is 4.98. The van der Waals surface area contributed by atoms with Gasteiger partial charge in [-0.05, 0) is 19.3 Å². The molecule has 0 amide bonds. The highest BCUT2D eigenvalue weighted by Crippen LogP contribution is 2.30. The van der Waals surface area contributed by atoms with Crippen LogP contribution in [0.3, 0.4) is 0 Å². The molecular formula is C6H11NPS2. The lowest BCUT2D eigenvalue weighted by Gasteiger charge is -2.31. The zero-order valence-corrected chi connectivity index (χ0v) is 8.57. The quantitative estimate of drug-likeness (QED) is 0.378. The van der Waals surface area contributed by atoms with Gasteiger partial charge >= 0.3 is 0 Å². The minimum absolute atomic E-state index is 0.184. The summed E-state index contributed by atoms with van der Waals surface area (Å²) in [7, 11) is 2.70. The van der Waals surface area contributed by atoms with E-state index < -0.39 is 0 Å². The largest absolute Gasteiger partial charge is 0.225 e. The van der Waals surface area contributed by atoms with Crippen LogP contribution < -0.4 is 5.32 Å². The van der Waals surface area contributed by atoms with Gasteiger partial charge in [0.15, 0.2) is 0 Å². The van der Waals surface area contributed by atoms with E-state index in [0.717, 1.165) is 13.0 Å². The molecule has 2 unspecified atom stereocenters. The summed E-state index contributed by atoms with van der Waals surface area (Å²) < 4.78 is 0.706. The molecule has 0 N–H and O–H groups in total. The highest BCUT2D eigenvalue weighted by atomic mass is 32.1. The Hall–Kier alpha value is 0.830. The summed E-state index contributed by atoms with van der Waals surface area (Å²) in [5, 5.41) is 4.22. The molecule has 1 aliphatic rings. The van der Waals surface area contributed by atoms with Crippen LogP contribution in [0, 0.1) is 0 Å². The molecule has 0 aliphatic carbocycles. The molecule has 0 saturated carbocycles. The van der Waals surface area contributed by atoms with E-state index in [0.29, 0.717) is 4.20 Å². The lowest BCUT2D eigenvalue weighted by atomic mass is 10.1. The maximum Gasteiger partial charge on any atom is 0.0896 e. The lowest BCUT2D eigenvalue weighted by Crippen LogP contribution is -2.41. The van der Waals surface area contributed by atoms with Crippen molar-refractivity contribution in [2.45, 2.75) is 24.5 Å². The van der Waals surface area contributed by atoms with Crippen LogP contribution in [0.4, 0.5) is 0 Å². The van der Waals surface area contributed by atoms with Crippen molar-refractivity contribution in [2.24, 2.45) is 0 Å². The van der Waals surface area contributed by atoms with Crippen molar-refractivity contribution in [1.82, 2.24) is 5.32 Å². The molecule has 0 aromatic rings. The Labute approximate surface area is 75.0 Å². The van der Waals surface area contributed by atoms with Crippen LogP contribution in [0.2, 0.25) is 0 Å². The topological polar surface area (TPSA) is 14.1 Å². The molecule has 2 atom stereocenters. The molecule has 1 saturated heterocycles. The van der Waals surface area contributed by atoms with Crippen LogP contribution >= 0.6 is 34.1 Å². The van der Waals surface area contributed by atoms with E-state index in [1.54, 1.807) is 0 Å². The van der Waals surface area contributed by atoms with Crippen molar-refractivity contribution in [3.8, 4) is 0 Å². The molecule has 0 bridgehead atoms. The van der Waals surface area contributed by atoms with E-state index in [4.69, 9.17) is 12.2 Å². The number of thiol groups is 1. The second-order valence-electron chi connectivity index (χ2n) is 2.57. The Balaban J connectivity index is 2.56. The van der Waals surface area contributed by atoms with Gasteiger partial charge in [-0.15, -0.1) is 21.9 Å². The highest BCUT2D eigenvalue weighted by molar-refractivity contribution is 8.12. The monoisotopic (exact) mass is 192 g/mol. The molecule has 0 spiro atoms. The maximum absolute atomic E-state index is 4.98. The van der Waals surface area contributed by atoms with E-state index in [1.165, 1.54) is 12.8 Å². The number of hydrogen-bond donors (Lipinski definition) is 1. The van der Waals surface area contributed by atoms with Gasteiger partial charge in [0.25, 0.3) is 0 Å². The average molecular weight is 192 g/mol. The fourth-order valence-corrected chi connectivity index (χ4v) is 1.72. The summed E-state index contributed by atoms with van der Waals surface area (Å²) in [5.41, 5.74) is 0. The summed E-state index contributed by atoms with van der Waals surface area (Å²) in [6.07, 6.45) is 3.46. The Morgan fingerprint density at radius 1 is 1.60 bits per heavy atom. The van der Waals surface area contributed by atoms with E-state index in [2.05, 4.69) is 27.2 Å². The molecule has 1 nitrogen and oxygen atoms in total. The Morgan fingerprint density at radius 2 is 2.30 bits per heavy atom. The third-order valence-electron chi connectivity index (χ3n) is 1.73. The molecule has 0 aromatic heterocycles. The van der Waals surface area contributed by atoms with Crippen molar-refractivity contribution in [1.29, 1.82) is 0 Å². The molecule has 1 radical (unpaired) electrons. The Morgan fingerprint density at radius 3 is 2.60 bits per heavy atom. The van der Waals surface area contributed by atoms with Gasteiger partial charge in [0.1, 0.15) is 0 Å². The fourth-order valence-electron chi connectivity index (χ4n) is 1.04. The minimum atomic E-state index is -0.184. The summed E-state index contributed by atoms with van der Waals surface area (Å²) >= 11 is 9.12. The third kappa shape index (κ3) is 1.91. The van der Waals surface area contributed by atoms with Gasteiger partial charge < -0.3 is 0 Å². The summed E-state index contributed by atoms with van der Waals surface area (Å²) in [6.45, 7) is 0.935. The van der Waals surface area contributed by atoms with Crippen LogP contribution in [-0.4, -0.2) is 16.0 Å². The molecule has 1 aliphatic heterocycles. The fraction of sp³-hybridized carbons (Fsp3) is 0.833. The van der Waals surface area contributed by atoms with E-state index in [-0.39, 0.29) is 5.28 Å². The average Bonchev–Trinajstić information content (AvgIpc) is 1.89. The second-order valence-corrected chi connectivity index (χ2v) is 4.68. The molecule has 4 heteroatoms. The van der Waals surface area contributed by atoms with Gasteiger partial charge in [0.2, 0.25) is 0 Å². The molecule has 0 aromatic carbocycles. The first kappa shape index (κ1) is 8.92. The highest BCUT2D eigenvalue weighted by Gasteiger charge is 2.30. The van der Waals surface area contributed by atoms with Crippen LogP contribution in [0.1, 0.15) is 19.3 Å². The summed E-state index contributed by atoms with van der Waals surface area (Å²) in [4.78, 5) is 0. The zero-order valence-electron chi connectivity index (χ0n) is 5.71. The zero-order chi connectivity index (χ0) is 7.61. The van der Waals surface area contributed by atoms with Gasteiger partial charge in [-0.25, -0.2) is 5.32 Å². The van der Waals surface area contributed by atoms with Gasteiger partial charge in [-0.3, -0.25) is 0 Å². The smallest absolute Gasteiger partial charge is 0.0896 e. The van der Waals surface area contributed by atoms with Gasteiger partial charge in [-0.1, -0.05) is 12.2 Å². The van der Waals surface area contributed by atoms with Crippen molar-refractivity contribution in [2.75, 3.05) is 6.54 Å². The van der Waals surface area contributed by atoms with Crippen molar-refractivity contribution in [3.63, 3.8) is 0 Å². The number of nitrogens with zero attached hydrogens (tertiary/aromatic N) is 1. The van der Waals surface area contributed by atoms with Crippen LogP contribution in [-0.2, 0) is 0 Å². The predicted molar refractivity (Wildman–Crippen MR) is 54.9 cm³/mol. The van der Waals surface area contributed by atoms with Gasteiger partial charge in [0.05, 0.1) is 9.48 Å². The number of rotatable bonds is 1. The lowest BCUT2D eigenvalue weighted by molar-refractivity contribution is 0.438. The Kier molecular flexibility index (Phi) is 3.11. The first-order chi connectivity index (χ1) is 4.65. The number of piperidine rings is 1. The van der Waals surface area contributed by atoms with Gasteiger partial charge in [0, 0.05) is 6.54 Å². The normalized spacial score (nSPS) is 33.8. The summed E-state index contributed by atoms with van der Waals surface area (Å²) in [6, 6.07) is 0. The first-order valence-corrected chi connectivity index (χ1v) is 4.79. The minimum Gasteiger partial charge on any atom is -0.225 e. The Bertz CT molecular complexity index is 143. The molecule has 10 heavy (non-hydrogen) atoms. The predicted octanol–water partition coefficient (Wildman–Crippen LogP) is 1.60. The van der Waals surface area contributed by atoms with Crippen molar-refractivity contribution in [3.05, 3.63) is 0 Å². The van der Waals surface area contributed by atoms with E-state index in [9.17, 15) is 0 Å². The molecular weight excluding hydrogens is 181 g/mol. The van der Waals surface area contributed by atoms with Crippen molar-refractivity contribution < 1.29 is 0 Å². The molecule has 1 fully saturated rings. The SMILES string of the molecule is PC1(C(=S)S)CCCC[N]1. The van der Waals surface area contributed by atoms with Crippen LogP contribution in [0.25, 0.3) is 0 Å². The first-order valence-electron chi connectivity index (χ1n) is 3.36. The standard InChI is InChI=1S/C6H11NPS2/c8-6(5(9)10)3-1-2-4-7-6/h1-4,8H2,(H,9,10). The second kappa shape index (κ2) is 3.48. The number of thiocarbonyl (C=S) groups is 1. The number of hydrogen-bond acceptors (Lipinski definition) is 1. The van der Waals surface area contributed by atoms with Crippen molar-refractivity contribution >= 4 is 38.3 Å². The molecule has 1 rings (SSSR count). The molecule has 1 heterocycles. The van der Waals surface area contributed by atoms with E-state index in [1.807, 2.05) is 0 Å². The third-order valence-corrected chi connectivity index (χ3v) is 3.68. The van der Waals surface area contributed by atoms with Crippen LogP contribution in [0.5, 0.6) is 0 Å². The molecule has 57 valence electrons.